The molecule has 4 heteroatoms. The molecule has 0 aliphatic heterocycles. The number of hydrogen-bond donors (Lipinski definition) is 1. The second kappa shape index (κ2) is 4.17. The van der Waals surface area contributed by atoms with Gasteiger partial charge in [-0.1, -0.05) is 18.2 Å². The summed E-state index contributed by atoms with van der Waals surface area (Å²) in [6.45, 7) is 1.40. The molecule has 0 aliphatic rings. The molecule has 1 aromatic rings. The molecule has 0 radical (unpaired) electrons. The fourth-order valence-electron chi connectivity index (χ4n) is 1.25. The Morgan fingerprint density at radius 2 is 2.14 bits per heavy atom. The molecule has 0 atom stereocenters. The van der Waals surface area contributed by atoms with Crippen molar-refractivity contribution in [3.8, 4) is 0 Å². The zero-order valence-corrected chi connectivity index (χ0v) is 7.76. The molecule has 0 aliphatic carbocycles. The molecule has 2 N–H and O–H groups in total. The summed E-state index contributed by atoms with van der Waals surface area (Å²) in [6.07, 6.45) is -2.49. The van der Waals surface area contributed by atoms with E-state index < -0.39 is 6.43 Å². The van der Waals surface area contributed by atoms with Crippen LogP contribution in [-0.4, -0.2) is 5.78 Å². The molecule has 0 amide bonds. The van der Waals surface area contributed by atoms with E-state index >= 15 is 0 Å². The van der Waals surface area contributed by atoms with Crippen LogP contribution < -0.4 is 5.73 Å². The molecule has 0 saturated carbocycles. The number of nitrogens with two attached hydrogens (primary N) is 1. The average Bonchev–Trinajstić information content (AvgIpc) is 2.07. The zero-order valence-electron chi connectivity index (χ0n) is 7.76. The van der Waals surface area contributed by atoms with Crippen molar-refractivity contribution < 1.29 is 13.6 Å². The van der Waals surface area contributed by atoms with Gasteiger partial charge < -0.3 is 5.73 Å². The number of benzene rings is 1. The molecule has 2 nitrogen and oxygen atoms in total. The van der Waals surface area contributed by atoms with Crippen LogP contribution in [0.5, 0.6) is 0 Å². The van der Waals surface area contributed by atoms with Gasteiger partial charge in [0.1, 0.15) is 5.78 Å². The molecular formula is C10H11F2NO. The second-order valence-corrected chi connectivity index (χ2v) is 3.10. The monoisotopic (exact) mass is 199 g/mol. The number of alkyl halides is 2. The Kier molecular flexibility index (Phi) is 3.17. The number of carbonyl (C=O) groups is 1. The van der Waals surface area contributed by atoms with Crippen LogP contribution in [-0.2, 0) is 11.2 Å². The molecule has 14 heavy (non-hydrogen) atoms. The maximum Gasteiger partial charge on any atom is 0.265 e. The first-order valence-electron chi connectivity index (χ1n) is 4.17. The van der Waals surface area contributed by atoms with Crippen molar-refractivity contribution in [1.29, 1.82) is 0 Å². The van der Waals surface area contributed by atoms with E-state index in [1.54, 1.807) is 6.07 Å². The van der Waals surface area contributed by atoms with Gasteiger partial charge in [0.15, 0.2) is 0 Å². The SMILES string of the molecule is CC(=O)Cc1cccc(C(F)F)c1N. The van der Waals surface area contributed by atoms with E-state index in [4.69, 9.17) is 5.73 Å². The van der Waals surface area contributed by atoms with Crippen LogP contribution >= 0.6 is 0 Å². The van der Waals surface area contributed by atoms with Crippen LogP contribution in [0.15, 0.2) is 18.2 Å². The lowest BCUT2D eigenvalue weighted by molar-refractivity contribution is -0.116. The third kappa shape index (κ3) is 2.28. The quantitative estimate of drug-likeness (QED) is 0.759. The van der Waals surface area contributed by atoms with Crippen LogP contribution in [0.25, 0.3) is 0 Å². The Hall–Kier alpha value is -1.45. The van der Waals surface area contributed by atoms with Gasteiger partial charge >= 0.3 is 0 Å². The summed E-state index contributed by atoms with van der Waals surface area (Å²) in [5.74, 6) is -0.0943. The Bertz CT molecular complexity index is 350. The smallest absolute Gasteiger partial charge is 0.265 e. The number of nitrogen functional groups attached to an aromatic ring is 1. The Labute approximate surface area is 80.7 Å². The van der Waals surface area contributed by atoms with Crippen molar-refractivity contribution in [2.45, 2.75) is 19.8 Å². The largest absolute Gasteiger partial charge is 0.398 e. The predicted molar refractivity (Wildman–Crippen MR) is 50.2 cm³/mol. The number of halogens is 2. The number of ketones is 1. The van der Waals surface area contributed by atoms with E-state index in [1.807, 2.05) is 0 Å². The van der Waals surface area contributed by atoms with E-state index in [0.717, 1.165) is 0 Å². The van der Waals surface area contributed by atoms with Gasteiger partial charge in [0, 0.05) is 17.7 Å². The van der Waals surface area contributed by atoms with Gasteiger partial charge in [-0.3, -0.25) is 4.79 Å². The lowest BCUT2D eigenvalue weighted by Gasteiger charge is -2.08. The molecular weight excluding hydrogens is 188 g/mol. The van der Waals surface area contributed by atoms with Crippen LogP contribution in [0, 0.1) is 0 Å². The number of anilines is 1. The maximum absolute atomic E-state index is 12.4. The summed E-state index contributed by atoms with van der Waals surface area (Å²) in [4.78, 5) is 10.8. The summed E-state index contributed by atoms with van der Waals surface area (Å²) in [5, 5.41) is 0. The summed E-state index contributed by atoms with van der Waals surface area (Å²) in [7, 11) is 0. The van der Waals surface area contributed by atoms with Crippen molar-refractivity contribution in [3.63, 3.8) is 0 Å². The minimum atomic E-state index is -2.60. The molecule has 0 saturated heterocycles. The molecule has 0 aromatic heterocycles. The van der Waals surface area contributed by atoms with Gasteiger partial charge in [-0.2, -0.15) is 0 Å². The van der Waals surface area contributed by atoms with Crippen LogP contribution in [0.3, 0.4) is 0 Å². The summed E-state index contributed by atoms with van der Waals surface area (Å²) in [6, 6.07) is 4.34. The van der Waals surface area contributed by atoms with E-state index in [-0.39, 0.29) is 23.5 Å². The van der Waals surface area contributed by atoms with E-state index in [2.05, 4.69) is 0 Å². The Balaban J connectivity index is 3.07. The normalized spacial score (nSPS) is 10.6. The Morgan fingerprint density at radius 1 is 1.50 bits per heavy atom. The van der Waals surface area contributed by atoms with Crippen molar-refractivity contribution in [2.24, 2.45) is 0 Å². The van der Waals surface area contributed by atoms with Crippen LogP contribution in [0.2, 0.25) is 0 Å². The van der Waals surface area contributed by atoms with E-state index in [0.29, 0.717) is 5.56 Å². The minimum Gasteiger partial charge on any atom is -0.398 e. The number of rotatable bonds is 3. The standard InChI is InChI=1S/C10H11F2NO/c1-6(14)5-7-3-2-4-8(9(7)13)10(11)12/h2-4,10H,5,13H2,1H3. The summed E-state index contributed by atoms with van der Waals surface area (Å²) >= 11 is 0. The van der Waals surface area contributed by atoms with Crippen molar-refractivity contribution >= 4 is 11.5 Å². The van der Waals surface area contributed by atoms with Gasteiger partial charge in [0.2, 0.25) is 0 Å². The highest BCUT2D eigenvalue weighted by Crippen LogP contribution is 2.27. The van der Waals surface area contributed by atoms with Crippen molar-refractivity contribution in [1.82, 2.24) is 0 Å². The lowest BCUT2D eigenvalue weighted by atomic mass is 10.0. The lowest BCUT2D eigenvalue weighted by Crippen LogP contribution is -2.04. The van der Waals surface area contributed by atoms with Gasteiger partial charge in [-0.05, 0) is 12.5 Å². The highest BCUT2D eigenvalue weighted by molar-refractivity contribution is 5.80. The zero-order chi connectivity index (χ0) is 10.7. The van der Waals surface area contributed by atoms with Gasteiger partial charge in [0.05, 0.1) is 0 Å². The first-order chi connectivity index (χ1) is 6.52. The average molecular weight is 199 g/mol. The Morgan fingerprint density at radius 3 is 2.64 bits per heavy atom. The third-order valence-electron chi connectivity index (χ3n) is 1.90. The predicted octanol–water partition coefficient (Wildman–Crippen LogP) is 2.34. The van der Waals surface area contributed by atoms with Gasteiger partial charge in [-0.15, -0.1) is 0 Å². The molecule has 1 rings (SSSR count). The van der Waals surface area contributed by atoms with Crippen LogP contribution in [0.4, 0.5) is 14.5 Å². The highest BCUT2D eigenvalue weighted by Gasteiger charge is 2.13. The molecule has 76 valence electrons. The summed E-state index contributed by atoms with van der Waals surface area (Å²) in [5.41, 5.74) is 5.79. The number of hydrogen-bond acceptors (Lipinski definition) is 2. The topological polar surface area (TPSA) is 43.1 Å². The molecule has 0 heterocycles. The highest BCUT2D eigenvalue weighted by atomic mass is 19.3. The molecule has 0 fully saturated rings. The minimum absolute atomic E-state index is 0.0256. The van der Waals surface area contributed by atoms with E-state index in [9.17, 15) is 13.6 Å². The molecule has 0 spiro atoms. The number of para-hydroxylation sites is 1. The first-order valence-corrected chi connectivity index (χ1v) is 4.17. The molecule has 1 aromatic carbocycles. The third-order valence-corrected chi connectivity index (χ3v) is 1.90. The van der Waals surface area contributed by atoms with Gasteiger partial charge in [0.25, 0.3) is 6.43 Å². The maximum atomic E-state index is 12.4. The van der Waals surface area contributed by atoms with Crippen molar-refractivity contribution in [2.75, 3.05) is 5.73 Å². The molecule has 0 unspecified atom stereocenters. The summed E-state index contributed by atoms with van der Waals surface area (Å²) < 4.78 is 24.8. The fraction of sp³-hybridized carbons (Fsp3) is 0.300. The number of Topliss-reactive ketones (excluding diaryl/α,β-unsaturated/α-hetero) is 1. The fourth-order valence-corrected chi connectivity index (χ4v) is 1.25. The number of carbonyl (C=O) groups excluding carboxylic acids is 1. The second-order valence-electron chi connectivity index (χ2n) is 3.10. The van der Waals surface area contributed by atoms with Gasteiger partial charge in [-0.25, -0.2) is 8.78 Å². The van der Waals surface area contributed by atoms with Crippen LogP contribution in [0.1, 0.15) is 24.5 Å². The molecule has 0 bridgehead atoms. The van der Waals surface area contributed by atoms with E-state index in [1.165, 1.54) is 19.1 Å². The van der Waals surface area contributed by atoms with Crippen molar-refractivity contribution in [3.05, 3.63) is 29.3 Å². The first kappa shape index (κ1) is 10.6.